The summed E-state index contributed by atoms with van der Waals surface area (Å²) in [7, 11) is 1.33. The van der Waals surface area contributed by atoms with Gasteiger partial charge in [0.05, 0.1) is 19.2 Å². The Hall–Kier alpha value is -3.62. The maximum absolute atomic E-state index is 14.2. The van der Waals surface area contributed by atoms with E-state index in [0.717, 1.165) is 80.8 Å². The Labute approximate surface area is 247 Å². The third kappa shape index (κ3) is 6.10. The lowest BCUT2D eigenvalue weighted by Gasteiger charge is -2.31. The van der Waals surface area contributed by atoms with Crippen LogP contribution in [0.2, 0.25) is 0 Å². The molecule has 2 aliphatic heterocycles. The average molecular weight is 576 g/mol. The van der Waals surface area contributed by atoms with Crippen LogP contribution < -0.4 is 10.1 Å². The molecule has 5 atom stereocenters. The topological polar surface area (TPSA) is 107 Å². The van der Waals surface area contributed by atoms with Gasteiger partial charge in [-0.1, -0.05) is 37.1 Å². The Morgan fingerprint density at radius 2 is 1.79 bits per heavy atom. The summed E-state index contributed by atoms with van der Waals surface area (Å²) in [6.45, 7) is 0.208. The maximum atomic E-state index is 14.2. The summed E-state index contributed by atoms with van der Waals surface area (Å²) in [5.74, 6) is 0.165. The van der Waals surface area contributed by atoms with Crippen molar-refractivity contribution >= 4 is 34.9 Å². The van der Waals surface area contributed by atoms with Gasteiger partial charge in [0.1, 0.15) is 35.7 Å². The van der Waals surface area contributed by atoms with Crippen molar-refractivity contribution in [2.45, 2.75) is 94.9 Å². The molecule has 1 aromatic carbocycles. The fourth-order valence-electron chi connectivity index (χ4n) is 7.32. The van der Waals surface area contributed by atoms with Gasteiger partial charge < -0.3 is 24.4 Å². The van der Waals surface area contributed by atoms with E-state index in [1.807, 2.05) is 36.4 Å². The number of amides is 2. The zero-order valence-corrected chi connectivity index (χ0v) is 24.3. The number of nitrogens with zero attached hydrogens (tertiary/aromatic N) is 2. The van der Waals surface area contributed by atoms with Crippen molar-refractivity contribution < 1.29 is 28.6 Å². The van der Waals surface area contributed by atoms with Crippen LogP contribution in [0.3, 0.4) is 0 Å². The van der Waals surface area contributed by atoms with Gasteiger partial charge in [-0.3, -0.25) is 4.79 Å². The van der Waals surface area contributed by atoms with Crippen LogP contribution in [0, 0.1) is 11.8 Å². The van der Waals surface area contributed by atoms with Crippen LogP contribution in [-0.2, 0) is 19.1 Å². The van der Waals surface area contributed by atoms with Crippen molar-refractivity contribution in [3.63, 3.8) is 0 Å². The molecule has 9 nitrogen and oxygen atoms in total. The SMILES string of the molecule is COC(=O)[C@@H]1C[C@@H]2CN1C(=O)[C@H](C1CCCC1)NC(=O)O[C@@H]1CCC[C@H]1CCCC=Cc1nc3ccccc3cc1O2. The molecule has 2 saturated carbocycles. The van der Waals surface area contributed by atoms with E-state index in [2.05, 4.69) is 11.4 Å². The van der Waals surface area contributed by atoms with Crippen LogP contribution in [0.5, 0.6) is 5.75 Å². The van der Waals surface area contributed by atoms with Crippen LogP contribution in [0.25, 0.3) is 17.0 Å². The molecule has 0 spiro atoms. The van der Waals surface area contributed by atoms with E-state index in [0.29, 0.717) is 18.1 Å². The van der Waals surface area contributed by atoms with Gasteiger partial charge in [0.2, 0.25) is 5.91 Å². The fourth-order valence-corrected chi connectivity index (χ4v) is 7.32. The minimum absolute atomic E-state index is 0.00489. The van der Waals surface area contributed by atoms with Crippen molar-refractivity contribution in [2.24, 2.45) is 11.8 Å². The second kappa shape index (κ2) is 12.7. The number of carbonyl (C=O) groups is 3. The van der Waals surface area contributed by atoms with E-state index in [4.69, 9.17) is 19.2 Å². The first-order valence-corrected chi connectivity index (χ1v) is 15.6. The van der Waals surface area contributed by atoms with E-state index < -0.39 is 30.3 Å². The first-order valence-electron chi connectivity index (χ1n) is 15.6. The molecule has 6 rings (SSSR count). The molecular formula is C33H41N3O6. The summed E-state index contributed by atoms with van der Waals surface area (Å²) in [5, 5.41) is 3.91. The van der Waals surface area contributed by atoms with E-state index in [9.17, 15) is 14.4 Å². The Bertz CT molecular complexity index is 1340. The molecule has 224 valence electrons. The Morgan fingerprint density at radius 3 is 2.62 bits per heavy atom. The summed E-state index contributed by atoms with van der Waals surface area (Å²) in [4.78, 5) is 46.8. The fraction of sp³-hybridized carbons (Fsp3) is 0.576. The quantitative estimate of drug-likeness (QED) is 0.478. The number of rotatable bonds is 2. The number of hydrogen-bond acceptors (Lipinski definition) is 7. The number of carbonyl (C=O) groups excluding carboxylic acids is 3. The van der Waals surface area contributed by atoms with Crippen molar-refractivity contribution in [3.05, 3.63) is 42.1 Å². The smallest absolute Gasteiger partial charge is 0.408 e. The molecule has 0 radical (unpaired) electrons. The number of methoxy groups -OCH3 is 1. The van der Waals surface area contributed by atoms with Crippen molar-refractivity contribution in [3.8, 4) is 5.75 Å². The molecule has 1 N–H and O–H groups in total. The molecule has 1 aromatic heterocycles. The molecule has 3 heterocycles. The number of esters is 1. The van der Waals surface area contributed by atoms with Gasteiger partial charge in [-0.05, 0) is 81.4 Å². The Kier molecular flexibility index (Phi) is 8.63. The van der Waals surface area contributed by atoms with Crippen molar-refractivity contribution in [1.29, 1.82) is 0 Å². The summed E-state index contributed by atoms with van der Waals surface area (Å²) in [6.07, 6.45) is 12.7. The minimum Gasteiger partial charge on any atom is -0.486 e. The molecule has 2 aliphatic carbocycles. The zero-order valence-electron chi connectivity index (χ0n) is 24.3. The number of ether oxygens (including phenoxy) is 3. The van der Waals surface area contributed by atoms with Crippen LogP contribution in [0.4, 0.5) is 4.79 Å². The molecule has 1 saturated heterocycles. The second-order valence-corrected chi connectivity index (χ2v) is 12.2. The van der Waals surface area contributed by atoms with Gasteiger partial charge in [-0.25, -0.2) is 14.6 Å². The molecular weight excluding hydrogens is 534 g/mol. The summed E-state index contributed by atoms with van der Waals surface area (Å²) >= 11 is 0. The predicted octanol–water partition coefficient (Wildman–Crippen LogP) is 5.41. The molecule has 2 aromatic rings. The van der Waals surface area contributed by atoms with E-state index in [1.165, 1.54) is 7.11 Å². The largest absolute Gasteiger partial charge is 0.486 e. The number of pyridine rings is 1. The molecule has 3 fully saturated rings. The molecule has 2 bridgehead atoms. The normalized spacial score (nSPS) is 29.2. The van der Waals surface area contributed by atoms with Gasteiger partial charge in [-0.2, -0.15) is 0 Å². The van der Waals surface area contributed by atoms with E-state index in [1.54, 1.807) is 4.90 Å². The molecule has 0 unspecified atom stereocenters. The summed E-state index contributed by atoms with van der Waals surface area (Å²) < 4.78 is 17.6. The van der Waals surface area contributed by atoms with Gasteiger partial charge >= 0.3 is 12.1 Å². The highest BCUT2D eigenvalue weighted by Gasteiger charge is 2.46. The molecule has 4 aliphatic rings. The second-order valence-electron chi connectivity index (χ2n) is 12.2. The van der Waals surface area contributed by atoms with Crippen LogP contribution >= 0.6 is 0 Å². The highest BCUT2D eigenvalue weighted by Crippen LogP contribution is 2.35. The third-order valence-electron chi connectivity index (χ3n) is 9.51. The van der Waals surface area contributed by atoms with Crippen LogP contribution in [0.1, 0.15) is 76.3 Å². The number of fused-ring (bicyclic) bond motifs is 5. The maximum Gasteiger partial charge on any atom is 0.408 e. The number of allylic oxidation sites excluding steroid dienone is 1. The number of nitrogens with one attached hydrogen (secondary N) is 1. The molecule has 42 heavy (non-hydrogen) atoms. The van der Waals surface area contributed by atoms with Crippen LogP contribution in [0.15, 0.2) is 36.4 Å². The first kappa shape index (κ1) is 28.5. The molecule has 9 heteroatoms. The van der Waals surface area contributed by atoms with Gasteiger partial charge in [0.25, 0.3) is 0 Å². The van der Waals surface area contributed by atoms with Gasteiger partial charge in [-0.15, -0.1) is 0 Å². The number of para-hydroxylation sites is 1. The van der Waals surface area contributed by atoms with Gasteiger partial charge in [0, 0.05) is 11.8 Å². The van der Waals surface area contributed by atoms with Gasteiger partial charge in [0.15, 0.2) is 0 Å². The highest BCUT2D eigenvalue weighted by atomic mass is 16.6. The van der Waals surface area contributed by atoms with Crippen molar-refractivity contribution in [1.82, 2.24) is 15.2 Å². The number of alkyl carbamates (subject to hydrolysis) is 1. The summed E-state index contributed by atoms with van der Waals surface area (Å²) in [6, 6.07) is 8.34. The third-order valence-corrected chi connectivity index (χ3v) is 9.51. The van der Waals surface area contributed by atoms with Crippen molar-refractivity contribution in [2.75, 3.05) is 13.7 Å². The average Bonchev–Trinajstić information content (AvgIpc) is 3.77. The number of benzene rings is 1. The minimum atomic E-state index is -0.803. The summed E-state index contributed by atoms with van der Waals surface area (Å²) in [5.41, 5.74) is 1.61. The van der Waals surface area contributed by atoms with Crippen LogP contribution in [-0.4, -0.2) is 65.8 Å². The van der Waals surface area contributed by atoms with E-state index >= 15 is 0 Å². The standard InChI is InChI=1S/C33H41N3O6/c1-40-32(38)27-19-24-20-36(27)31(37)30(22-11-5-6-12-22)35-33(39)42-28-17-9-14-21(28)10-3-2-4-16-26-29(41-24)18-23-13-7-8-15-25(23)34-26/h4,7-8,13,15-16,18,21-22,24,27-28,30H,2-3,5-6,9-12,14,17,19-20H2,1H3,(H,35,39)/t21-,24-,27+,28-,30+/m1/s1. The molecule has 2 amide bonds. The lowest BCUT2D eigenvalue weighted by molar-refractivity contribution is -0.152. The number of hydrogen-bond donors (Lipinski definition) is 1. The lowest BCUT2D eigenvalue weighted by Crippen LogP contribution is -2.55. The zero-order chi connectivity index (χ0) is 29.1. The predicted molar refractivity (Wildman–Crippen MR) is 158 cm³/mol. The monoisotopic (exact) mass is 575 g/mol. The Morgan fingerprint density at radius 1 is 1.00 bits per heavy atom. The highest BCUT2D eigenvalue weighted by molar-refractivity contribution is 5.90. The van der Waals surface area contributed by atoms with E-state index in [-0.39, 0.29) is 24.5 Å². The first-order chi connectivity index (χ1) is 20.5. The number of aromatic nitrogens is 1. The lowest BCUT2D eigenvalue weighted by atomic mass is 9.96. The Balaban J connectivity index is 1.35.